The van der Waals surface area contributed by atoms with Gasteiger partial charge in [0.1, 0.15) is 5.82 Å². The Labute approximate surface area is 162 Å². The lowest BCUT2D eigenvalue weighted by Crippen LogP contribution is -2.13. The predicted molar refractivity (Wildman–Crippen MR) is 107 cm³/mol. The number of aromatic nitrogens is 3. The van der Waals surface area contributed by atoms with E-state index in [1.165, 1.54) is 0 Å². The standard InChI is InChI=1S/C22H18N4O2/c1-14-5-3-7-18(13-14)22-26-25-21(28-22)17-11-9-16(10-12-17)20(27)24-19-8-4-6-15(2)23-19/h3-13H,1-2H3,(H,23,24,27). The fraction of sp³-hybridized carbons (Fsp3) is 0.0909. The van der Waals surface area contributed by atoms with Gasteiger partial charge in [0.25, 0.3) is 5.91 Å². The zero-order valence-corrected chi connectivity index (χ0v) is 15.5. The molecule has 6 nitrogen and oxygen atoms in total. The maximum atomic E-state index is 12.4. The highest BCUT2D eigenvalue weighted by Gasteiger charge is 2.12. The van der Waals surface area contributed by atoms with Gasteiger partial charge in [-0.2, -0.15) is 0 Å². The molecule has 0 atom stereocenters. The van der Waals surface area contributed by atoms with Gasteiger partial charge >= 0.3 is 0 Å². The van der Waals surface area contributed by atoms with Crippen LogP contribution in [0.3, 0.4) is 0 Å². The van der Waals surface area contributed by atoms with E-state index >= 15 is 0 Å². The van der Waals surface area contributed by atoms with Crippen LogP contribution in [0.2, 0.25) is 0 Å². The van der Waals surface area contributed by atoms with Crippen LogP contribution < -0.4 is 5.32 Å². The topological polar surface area (TPSA) is 80.9 Å². The molecule has 0 saturated carbocycles. The summed E-state index contributed by atoms with van der Waals surface area (Å²) in [6.07, 6.45) is 0. The third kappa shape index (κ3) is 3.81. The zero-order chi connectivity index (χ0) is 19.5. The van der Waals surface area contributed by atoms with Crippen molar-refractivity contribution in [2.75, 3.05) is 5.32 Å². The molecule has 0 aliphatic carbocycles. The number of hydrogen-bond donors (Lipinski definition) is 1. The first kappa shape index (κ1) is 17.6. The van der Waals surface area contributed by atoms with E-state index in [9.17, 15) is 4.79 Å². The van der Waals surface area contributed by atoms with Gasteiger partial charge in [-0.15, -0.1) is 10.2 Å². The molecule has 0 unspecified atom stereocenters. The lowest BCUT2D eigenvalue weighted by Gasteiger charge is -2.05. The monoisotopic (exact) mass is 370 g/mol. The summed E-state index contributed by atoms with van der Waals surface area (Å²) in [5.41, 5.74) is 4.10. The number of carbonyl (C=O) groups excluding carboxylic acids is 1. The van der Waals surface area contributed by atoms with Gasteiger partial charge in [0, 0.05) is 22.4 Å². The lowest BCUT2D eigenvalue weighted by atomic mass is 10.1. The molecule has 4 rings (SSSR count). The number of aryl methyl sites for hydroxylation is 2. The lowest BCUT2D eigenvalue weighted by molar-refractivity contribution is 0.102. The molecule has 2 heterocycles. The van der Waals surface area contributed by atoms with Crippen LogP contribution in [0, 0.1) is 13.8 Å². The minimum absolute atomic E-state index is 0.226. The normalized spacial score (nSPS) is 10.6. The molecule has 28 heavy (non-hydrogen) atoms. The number of rotatable bonds is 4. The van der Waals surface area contributed by atoms with E-state index < -0.39 is 0 Å². The summed E-state index contributed by atoms with van der Waals surface area (Å²) in [6.45, 7) is 3.89. The van der Waals surface area contributed by atoms with E-state index in [0.29, 0.717) is 23.2 Å². The molecule has 0 fully saturated rings. The summed E-state index contributed by atoms with van der Waals surface area (Å²) >= 11 is 0. The van der Waals surface area contributed by atoms with Crippen LogP contribution in [0.5, 0.6) is 0 Å². The van der Waals surface area contributed by atoms with E-state index in [1.54, 1.807) is 30.3 Å². The molecule has 4 aromatic rings. The minimum Gasteiger partial charge on any atom is -0.416 e. The fourth-order valence-electron chi connectivity index (χ4n) is 2.80. The molecular weight excluding hydrogens is 352 g/mol. The summed E-state index contributed by atoms with van der Waals surface area (Å²) < 4.78 is 5.79. The predicted octanol–water partition coefficient (Wildman–Crippen LogP) is 4.67. The molecule has 0 aliphatic heterocycles. The smallest absolute Gasteiger partial charge is 0.256 e. The highest BCUT2D eigenvalue weighted by atomic mass is 16.4. The molecule has 138 valence electrons. The first-order valence-corrected chi connectivity index (χ1v) is 8.84. The maximum absolute atomic E-state index is 12.4. The van der Waals surface area contributed by atoms with Gasteiger partial charge in [-0.05, 0) is 62.4 Å². The largest absolute Gasteiger partial charge is 0.416 e. The van der Waals surface area contributed by atoms with Crippen LogP contribution in [0.25, 0.3) is 22.9 Å². The van der Waals surface area contributed by atoms with Crippen LogP contribution in [-0.4, -0.2) is 21.1 Å². The molecule has 1 amide bonds. The van der Waals surface area contributed by atoms with Crippen molar-refractivity contribution in [2.45, 2.75) is 13.8 Å². The molecule has 6 heteroatoms. The number of pyridine rings is 1. The molecule has 0 aliphatic rings. The highest BCUT2D eigenvalue weighted by Crippen LogP contribution is 2.24. The summed E-state index contributed by atoms with van der Waals surface area (Å²) in [5.74, 6) is 1.17. The number of carbonyl (C=O) groups is 1. The van der Waals surface area contributed by atoms with Gasteiger partial charge < -0.3 is 9.73 Å². The highest BCUT2D eigenvalue weighted by molar-refractivity contribution is 6.03. The number of hydrogen-bond acceptors (Lipinski definition) is 5. The first-order chi connectivity index (χ1) is 13.6. The Hall–Kier alpha value is -3.80. The van der Waals surface area contributed by atoms with Crippen LogP contribution >= 0.6 is 0 Å². The van der Waals surface area contributed by atoms with E-state index in [2.05, 4.69) is 20.5 Å². The van der Waals surface area contributed by atoms with Gasteiger partial charge in [0.15, 0.2) is 0 Å². The Kier molecular flexibility index (Phi) is 4.68. The second kappa shape index (κ2) is 7.44. The number of benzene rings is 2. The third-order valence-corrected chi connectivity index (χ3v) is 4.21. The van der Waals surface area contributed by atoms with Gasteiger partial charge in [-0.1, -0.05) is 23.8 Å². The summed E-state index contributed by atoms with van der Waals surface area (Å²) in [6, 6.07) is 20.4. The van der Waals surface area contributed by atoms with Crippen LogP contribution in [0.4, 0.5) is 5.82 Å². The Balaban J connectivity index is 1.51. The number of amides is 1. The van der Waals surface area contributed by atoms with Gasteiger partial charge in [-0.25, -0.2) is 4.98 Å². The van der Waals surface area contributed by atoms with Crippen molar-refractivity contribution < 1.29 is 9.21 Å². The van der Waals surface area contributed by atoms with Crippen LogP contribution in [0.15, 0.2) is 71.1 Å². The van der Waals surface area contributed by atoms with Crippen LogP contribution in [-0.2, 0) is 0 Å². The maximum Gasteiger partial charge on any atom is 0.256 e. The Morgan fingerprint density at radius 1 is 0.857 bits per heavy atom. The van der Waals surface area contributed by atoms with Crippen molar-refractivity contribution in [1.29, 1.82) is 0 Å². The van der Waals surface area contributed by atoms with E-state index in [0.717, 1.165) is 22.4 Å². The molecule has 0 bridgehead atoms. The minimum atomic E-state index is -0.226. The number of anilines is 1. The average Bonchev–Trinajstić information content (AvgIpc) is 3.18. The zero-order valence-electron chi connectivity index (χ0n) is 15.5. The molecule has 2 aromatic heterocycles. The van der Waals surface area contributed by atoms with E-state index in [4.69, 9.17) is 4.42 Å². The van der Waals surface area contributed by atoms with E-state index in [1.807, 2.05) is 50.2 Å². The van der Waals surface area contributed by atoms with Gasteiger partial charge in [0.05, 0.1) is 0 Å². The molecular formula is C22H18N4O2. The molecule has 1 N–H and O–H groups in total. The fourth-order valence-corrected chi connectivity index (χ4v) is 2.80. The van der Waals surface area contributed by atoms with Crippen molar-refractivity contribution in [1.82, 2.24) is 15.2 Å². The Morgan fingerprint density at radius 3 is 2.29 bits per heavy atom. The summed E-state index contributed by atoms with van der Waals surface area (Å²) in [5, 5.41) is 11.0. The summed E-state index contributed by atoms with van der Waals surface area (Å²) in [4.78, 5) is 16.7. The SMILES string of the molecule is Cc1cccc(-c2nnc(-c3ccc(C(=O)Nc4cccc(C)n4)cc3)o2)c1. The molecule has 0 radical (unpaired) electrons. The third-order valence-electron chi connectivity index (χ3n) is 4.21. The number of nitrogens with zero attached hydrogens (tertiary/aromatic N) is 3. The second-order valence-corrected chi connectivity index (χ2v) is 6.48. The quantitative estimate of drug-likeness (QED) is 0.565. The Morgan fingerprint density at radius 2 is 1.57 bits per heavy atom. The van der Waals surface area contributed by atoms with E-state index in [-0.39, 0.29) is 5.91 Å². The van der Waals surface area contributed by atoms with Crippen molar-refractivity contribution in [3.05, 3.63) is 83.6 Å². The van der Waals surface area contributed by atoms with Crippen LogP contribution in [0.1, 0.15) is 21.6 Å². The van der Waals surface area contributed by atoms with Gasteiger partial charge in [-0.3, -0.25) is 4.79 Å². The average molecular weight is 370 g/mol. The second-order valence-electron chi connectivity index (χ2n) is 6.48. The first-order valence-electron chi connectivity index (χ1n) is 8.84. The summed E-state index contributed by atoms with van der Waals surface area (Å²) in [7, 11) is 0. The van der Waals surface area contributed by atoms with Crippen molar-refractivity contribution in [3.63, 3.8) is 0 Å². The Bertz CT molecular complexity index is 1130. The molecule has 0 saturated heterocycles. The number of nitrogens with one attached hydrogen (secondary N) is 1. The van der Waals surface area contributed by atoms with Crippen molar-refractivity contribution in [2.24, 2.45) is 0 Å². The van der Waals surface area contributed by atoms with Crippen molar-refractivity contribution >= 4 is 11.7 Å². The molecule has 2 aromatic carbocycles. The molecule has 0 spiro atoms. The van der Waals surface area contributed by atoms with Crippen molar-refractivity contribution in [3.8, 4) is 22.9 Å². The van der Waals surface area contributed by atoms with Gasteiger partial charge in [0.2, 0.25) is 11.8 Å².